The molecule has 0 atom stereocenters. The standard InChI is InChI=1S/C14H13BrFNO2S/c1-20(18,19)13-5-3-2-4-9(13)8-10-11(15)6-7-12(17)14(10)16/h2-7H,8,17H2,1H3. The highest BCUT2D eigenvalue weighted by Crippen LogP contribution is 2.28. The quantitative estimate of drug-likeness (QED) is 0.858. The minimum Gasteiger partial charge on any atom is -0.396 e. The van der Waals surface area contributed by atoms with Gasteiger partial charge in [-0.1, -0.05) is 34.1 Å². The minimum atomic E-state index is -3.36. The van der Waals surface area contributed by atoms with Crippen molar-refractivity contribution in [3.8, 4) is 0 Å². The van der Waals surface area contributed by atoms with Gasteiger partial charge >= 0.3 is 0 Å². The van der Waals surface area contributed by atoms with E-state index >= 15 is 0 Å². The van der Waals surface area contributed by atoms with Crippen LogP contribution in [0.25, 0.3) is 0 Å². The van der Waals surface area contributed by atoms with Gasteiger partial charge in [0.2, 0.25) is 0 Å². The molecule has 2 aromatic rings. The molecule has 0 aliphatic heterocycles. The van der Waals surface area contributed by atoms with Gasteiger partial charge in [0.25, 0.3) is 0 Å². The zero-order valence-electron chi connectivity index (χ0n) is 10.7. The maximum Gasteiger partial charge on any atom is 0.175 e. The van der Waals surface area contributed by atoms with E-state index in [1.807, 2.05) is 0 Å². The summed E-state index contributed by atoms with van der Waals surface area (Å²) >= 11 is 3.27. The SMILES string of the molecule is CS(=O)(=O)c1ccccc1Cc1c(Br)ccc(N)c1F. The molecule has 0 fully saturated rings. The van der Waals surface area contributed by atoms with Gasteiger partial charge in [0.05, 0.1) is 10.6 Å². The Morgan fingerprint density at radius 2 is 1.85 bits per heavy atom. The Labute approximate surface area is 125 Å². The molecule has 0 unspecified atom stereocenters. The van der Waals surface area contributed by atoms with Crippen molar-refractivity contribution in [2.75, 3.05) is 12.0 Å². The van der Waals surface area contributed by atoms with Crippen molar-refractivity contribution in [1.82, 2.24) is 0 Å². The van der Waals surface area contributed by atoms with Gasteiger partial charge in [-0.3, -0.25) is 0 Å². The molecule has 2 aromatic carbocycles. The molecule has 106 valence electrons. The van der Waals surface area contributed by atoms with E-state index in [0.29, 0.717) is 15.6 Å². The van der Waals surface area contributed by atoms with Gasteiger partial charge in [-0.05, 0) is 23.8 Å². The molecule has 3 nitrogen and oxygen atoms in total. The first-order valence-electron chi connectivity index (χ1n) is 5.81. The number of hydrogen-bond acceptors (Lipinski definition) is 3. The lowest BCUT2D eigenvalue weighted by Gasteiger charge is -2.11. The van der Waals surface area contributed by atoms with Crippen LogP contribution < -0.4 is 5.73 Å². The molecule has 0 saturated carbocycles. The number of hydrogen-bond donors (Lipinski definition) is 1. The second-order valence-corrected chi connectivity index (χ2v) is 7.32. The normalized spacial score (nSPS) is 11.6. The van der Waals surface area contributed by atoms with Crippen LogP contribution in [-0.2, 0) is 16.3 Å². The molecule has 0 spiro atoms. The van der Waals surface area contributed by atoms with Gasteiger partial charge in [0.1, 0.15) is 0 Å². The lowest BCUT2D eigenvalue weighted by molar-refractivity contribution is 0.599. The summed E-state index contributed by atoms with van der Waals surface area (Å²) in [4.78, 5) is 0.203. The molecule has 6 heteroatoms. The van der Waals surface area contributed by atoms with Crippen molar-refractivity contribution in [2.45, 2.75) is 11.3 Å². The van der Waals surface area contributed by atoms with Crippen molar-refractivity contribution in [1.29, 1.82) is 0 Å². The van der Waals surface area contributed by atoms with Gasteiger partial charge in [-0.25, -0.2) is 12.8 Å². The number of nitrogen functional groups attached to an aromatic ring is 1. The third-order valence-corrected chi connectivity index (χ3v) is 4.90. The molecule has 0 amide bonds. The Morgan fingerprint density at radius 3 is 2.50 bits per heavy atom. The summed E-state index contributed by atoms with van der Waals surface area (Å²) < 4.78 is 38.1. The maximum absolute atomic E-state index is 14.1. The molecule has 0 bridgehead atoms. The van der Waals surface area contributed by atoms with E-state index in [9.17, 15) is 12.8 Å². The zero-order valence-corrected chi connectivity index (χ0v) is 13.1. The molecule has 0 aliphatic carbocycles. The van der Waals surface area contributed by atoms with Crippen LogP contribution in [0.15, 0.2) is 45.8 Å². The molecule has 0 heterocycles. The first-order chi connectivity index (χ1) is 9.30. The second-order valence-electron chi connectivity index (χ2n) is 4.49. The van der Waals surface area contributed by atoms with Crippen LogP contribution in [0.3, 0.4) is 0 Å². The Bertz CT molecular complexity index is 760. The van der Waals surface area contributed by atoms with Crippen LogP contribution >= 0.6 is 15.9 Å². The Balaban J connectivity index is 2.55. The van der Waals surface area contributed by atoms with E-state index in [0.717, 1.165) is 6.26 Å². The summed E-state index contributed by atoms with van der Waals surface area (Å²) in [5.74, 6) is -0.525. The van der Waals surface area contributed by atoms with Crippen molar-refractivity contribution >= 4 is 31.5 Å². The average molecular weight is 358 g/mol. The Hall–Kier alpha value is -1.40. The minimum absolute atomic E-state index is 0.0417. The molecule has 2 N–H and O–H groups in total. The number of sulfone groups is 1. The highest BCUT2D eigenvalue weighted by atomic mass is 79.9. The summed E-state index contributed by atoms with van der Waals surface area (Å²) in [7, 11) is -3.36. The summed E-state index contributed by atoms with van der Waals surface area (Å²) in [6, 6.07) is 9.67. The van der Waals surface area contributed by atoms with E-state index in [1.54, 1.807) is 24.3 Å². The van der Waals surface area contributed by atoms with Crippen LogP contribution in [0, 0.1) is 5.82 Å². The van der Waals surface area contributed by atoms with Gasteiger partial charge in [-0.15, -0.1) is 0 Å². The smallest absolute Gasteiger partial charge is 0.175 e. The zero-order chi connectivity index (χ0) is 14.9. The van der Waals surface area contributed by atoms with E-state index < -0.39 is 15.7 Å². The molecule has 0 aliphatic rings. The van der Waals surface area contributed by atoms with E-state index in [2.05, 4.69) is 15.9 Å². The molecule has 2 rings (SSSR count). The molecular formula is C14H13BrFNO2S. The van der Waals surface area contributed by atoms with Gasteiger partial charge in [0.15, 0.2) is 15.7 Å². The summed E-state index contributed by atoms with van der Waals surface area (Å²) in [5.41, 5.74) is 6.48. The lowest BCUT2D eigenvalue weighted by atomic mass is 10.0. The van der Waals surface area contributed by atoms with Gasteiger partial charge < -0.3 is 5.73 Å². The fourth-order valence-electron chi connectivity index (χ4n) is 1.98. The van der Waals surface area contributed by atoms with Crippen molar-refractivity contribution in [3.05, 3.63) is 57.8 Å². The number of anilines is 1. The first-order valence-corrected chi connectivity index (χ1v) is 8.49. The summed E-state index contributed by atoms with van der Waals surface area (Å²) in [6.07, 6.45) is 1.29. The molecule has 0 saturated heterocycles. The highest BCUT2D eigenvalue weighted by Gasteiger charge is 2.16. The fraction of sp³-hybridized carbons (Fsp3) is 0.143. The van der Waals surface area contributed by atoms with E-state index in [1.165, 1.54) is 12.1 Å². The summed E-state index contributed by atoms with van der Waals surface area (Å²) in [5, 5.41) is 0. The molecule has 0 radical (unpaired) electrons. The second kappa shape index (κ2) is 5.54. The Morgan fingerprint density at radius 1 is 1.20 bits per heavy atom. The maximum atomic E-state index is 14.1. The Kier molecular flexibility index (Phi) is 4.15. The van der Waals surface area contributed by atoms with Crippen LogP contribution in [0.4, 0.5) is 10.1 Å². The van der Waals surface area contributed by atoms with Crippen LogP contribution in [0.2, 0.25) is 0 Å². The fourth-order valence-corrected chi connectivity index (χ4v) is 3.37. The van der Waals surface area contributed by atoms with E-state index in [-0.39, 0.29) is 17.0 Å². The predicted molar refractivity (Wildman–Crippen MR) is 80.9 cm³/mol. The van der Waals surface area contributed by atoms with Crippen LogP contribution in [-0.4, -0.2) is 14.7 Å². The third kappa shape index (κ3) is 3.02. The third-order valence-electron chi connectivity index (χ3n) is 2.96. The van der Waals surface area contributed by atoms with Crippen molar-refractivity contribution in [3.63, 3.8) is 0 Å². The summed E-state index contributed by atoms with van der Waals surface area (Å²) in [6.45, 7) is 0. The van der Waals surface area contributed by atoms with Gasteiger partial charge in [0, 0.05) is 22.7 Å². The number of nitrogens with two attached hydrogens (primary N) is 1. The van der Waals surface area contributed by atoms with E-state index in [4.69, 9.17) is 5.73 Å². The van der Waals surface area contributed by atoms with Crippen molar-refractivity contribution in [2.24, 2.45) is 0 Å². The molecule has 20 heavy (non-hydrogen) atoms. The molecular weight excluding hydrogens is 345 g/mol. The monoisotopic (exact) mass is 357 g/mol. The van der Waals surface area contributed by atoms with Crippen molar-refractivity contribution < 1.29 is 12.8 Å². The highest BCUT2D eigenvalue weighted by molar-refractivity contribution is 9.10. The number of halogens is 2. The largest absolute Gasteiger partial charge is 0.396 e. The lowest BCUT2D eigenvalue weighted by Crippen LogP contribution is -2.05. The van der Waals surface area contributed by atoms with Crippen LogP contribution in [0.1, 0.15) is 11.1 Å². The molecule has 0 aromatic heterocycles. The average Bonchev–Trinajstić information content (AvgIpc) is 2.38. The first kappa shape index (κ1) is 15.0. The van der Waals surface area contributed by atoms with Crippen LogP contribution in [0.5, 0.6) is 0 Å². The number of benzene rings is 2. The topological polar surface area (TPSA) is 60.2 Å². The van der Waals surface area contributed by atoms with Gasteiger partial charge in [-0.2, -0.15) is 0 Å². The predicted octanol–water partition coefficient (Wildman–Crippen LogP) is 3.16. The number of rotatable bonds is 3.